The normalized spacial score (nSPS) is 17.4. The summed E-state index contributed by atoms with van der Waals surface area (Å²) in [6.07, 6.45) is 0.908. The van der Waals surface area contributed by atoms with Gasteiger partial charge in [-0.1, -0.05) is 24.3 Å². The Hall–Kier alpha value is -1.41. The van der Waals surface area contributed by atoms with Crippen LogP contribution >= 0.6 is 11.3 Å². The molecule has 0 fully saturated rings. The summed E-state index contributed by atoms with van der Waals surface area (Å²) < 4.78 is 0. The second-order valence-corrected chi connectivity index (χ2v) is 5.95. The van der Waals surface area contributed by atoms with E-state index in [-0.39, 0.29) is 5.92 Å². The van der Waals surface area contributed by atoms with Gasteiger partial charge in [0.05, 0.1) is 10.8 Å². The molecule has 1 unspecified atom stereocenters. The number of benzene rings is 1. The number of thiophene rings is 1. The van der Waals surface area contributed by atoms with Crippen molar-refractivity contribution >= 4 is 17.1 Å². The Morgan fingerprint density at radius 3 is 2.71 bits per heavy atom. The van der Waals surface area contributed by atoms with Gasteiger partial charge in [0.25, 0.3) is 0 Å². The Balaban J connectivity index is 1.94. The largest absolute Gasteiger partial charge is 0.293 e. The van der Waals surface area contributed by atoms with Gasteiger partial charge in [-0.15, -0.1) is 11.3 Å². The lowest BCUT2D eigenvalue weighted by Crippen LogP contribution is -2.25. The molecule has 0 bridgehead atoms. The molecule has 0 aliphatic heterocycles. The first-order chi connectivity index (χ1) is 8.16. The highest BCUT2D eigenvalue weighted by molar-refractivity contribution is 7.14. The summed E-state index contributed by atoms with van der Waals surface area (Å²) in [5.41, 5.74) is 3.68. The van der Waals surface area contributed by atoms with Gasteiger partial charge in [0, 0.05) is 4.88 Å². The zero-order chi connectivity index (χ0) is 12.0. The monoisotopic (exact) mass is 242 g/mol. The summed E-state index contributed by atoms with van der Waals surface area (Å²) in [7, 11) is 0. The molecule has 1 atom stereocenters. The third-order valence-electron chi connectivity index (χ3n) is 3.44. The lowest BCUT2D eigenvalue weighted by atomic mass is 9.75. The highest BCUT2D eigenvalue weighted by Gasteiger charge is 2.33. The minimum Gasteiger partial charge on any atom is -0.293 e. The fourth-order valence-electron chi connectivity index (χ4n) is 2.54. The maximum absolute atomic E-state index is 12.4. The van der Waals surface area contributed by atoms with Gasteiger partial charge in [-0.3, -0.25) is 4.79 Å². The van der Waals surface area contributed by atoms with Crippen molar-refractivity contribution in [1.29, 1.82) is 0 Å². The zero-order valence-electron chi connectivity index (χ0n) is 9.99. The quantitative estimate of drug-likeness (QED) is 0.730. The Labute approximate surface area is 105 Å². The molecule has 0 saturated carbocycles. The van der Waals surface area contributed by atoms with Crippen molar-refractivity contribution in [2.24, 2.45) is 0 Å². The molecule has 1 heterocycles. The van der Waals surface area contributed by atoms with Crippen molar-refractivity contribution < 1.29 is 4.79 Å². The van der Waals surface area contributed by atoms with E-state index in [1.54, 1.807) is 11.3 Å². The highest BCUT2D eigenvalue weighted by atomic mass is 32.1. The van der Waals surface area contributed by atoms with Crippen LogP contribution in [0.3, 0.4) is 0 Å². The van der Waals surface area contributed by atoms with Crippen LogP contribution in [0, 0.1) is 13.8 Å². The Bertz CT molecular complexity index is 595. The number of aryl methyl sites for hydroxylation is 2. The van der Waals surface area contributed by atoms with Crippen molar-refractivity contribution in [2.75, 3.05) is 0 Å². The molecule has 2 heteroatoms. The van der Waals surface area contributed by atoms with Crippen LogP contribution < -0.4 is 0 Å². The van der Waals surface area contributed by atoms with E-state index in [1.807, 2.05) is 19.1 Å². The topological polar surface area (TPSA) is 17.1 Å². The molecule has 1 nitrogen and oxygen atoms in total. The van der Waals surface area contributed by atoms with Gasteiger partial charge in [-0.25, -0.2) is 0 Å². The van der Waals surface area contributed by atoms with Crippen LogP contribution in [0.4, 0.5) is 0 Å². The maximum atomic E-state index is 12.4. The van der Waals surface area contributed by atoms with E-state index in [1.165, 1.54) is 16.0 Å². The molecule has 1 aliphatic carbocycles. The van der Waals surface area contributed by atoms with E-state index >= 15 is 0 Å². The predicted molar refractivity (Wildman–Crippen MR) is 71.0 cm³/mol. The second-order valence-electron chi connectivity index (χ2n) is 4.69. The molecule has 86 valence electrons. The number of hydrogen-bond donors (Lipinski definition) is 0. The molecular formula is C15H14OS. The highest BCUT2D eigenvalue weighted by Crippen LogP contribution is 2.39. The maximum Gasteiger partial charge on any atom is 0.180 e. The van der Waals surface area contributed by atoms with E-state index in [0.29, 0.717) is 5.78 Å². The van der Waals surface area contributed by atoms with Crippen molar-refractivity contribution in [1.82, 2.24) is 0 Å². The number of carbonyl (C=O) groups excluding carboxylic acids is 1. The van der Waals surface area contributed by atoms with Crippen LogP contribution in [-0.2, 0) is 6.42 Å². The van der Waals surface area contributed by atoms with E-state index in [4.69, 9.17) is 0 Å². The molecule has 1 aliphatic rings. The van der Waals surface area contributed by atoms with Crippen molar-refractivity contribution in [2.45, 2.75) is 26.2 Å². The number of Topliss-reactive ketones (excluding diaryl/α,β-unsaturated/α-hetero) is 1. The Morgan fingerprint density at radius 1 is 1.29 bits per heavy atom. The molecule has 0 spiro atoms. The minimum atomic E-state index is 0.1000. The molecule has 0 radical (unpaired) electrons. The van der Waals surface area contributed by atoms with E-state index in [0.717, 1.165) is 16.9 Å². The number of fused-ring (bicyclic) bond motifs is 1. The first-order valence-electron chi connectivity index (χ1n) is 5.86. The van der Waals surface area contributed by atoms with Crippen molar-refractivity contribution in [3.8, 4) is 0 Å². The molecule has 1 aromatic carbocycles. The predicted octanol–water partition coefficient (Wildman–Crippen LogP) is 3.89. The van der Waals surface area contributed by atoms with Gasteiger partial charge in [0.1, 0.15) is 0 Å². The molecule has 0 amide bonds. The van der Waals surface area contributed by atoms with Gasteiger partial charge in [-0.05, 0) is 43.0 Å². The molecule has 1 aromatic heterocycles. The Morgan fingerprint density at radius 2 is 2.06 bits per heavy atom. The second kappa shape index (κ2) is 3.81. The zero-order valence-corrected chi connectivity index (χ0v) is 10.8. The average Bonchev–Trinajstić information content (AvgIpc) is 2.59. The summed E-state index contributed by atoms with van der Waals surface area (Å²) in [6, 6.07) is 10.4. The van der Waals surface area contributed by atoms with E-state index in [2.05, 4.69) is 25.1 Å². The van der Waals surface area contributed by atoms with E-state index < -0.39 is 0 Å². The molecule has 3 rings (SSSR count). The van der Waals surface area contributed by atoms with Gasteiger partial charge >= 0.3 is 0 Å². The third-order valence-corrected chi connectivity index (χ3v) is 4.60. The molecule has 0 N–H and O–H groups in total. The van der Waals surface area contributed by atoms with Crippen LogP contribution in [-0.4, -0.2) is 5.78 Å². The average molecular weight is 242 g/mol. The third kappa shape index (κ3) is 1.64. The smallest absolute Gasteiger partial charge is 0.180 e. The van der Waals surface area contributed by atoms with Crippen LogP contribution in [0.1, 0.15) is 37.2 Å². The molecule has 0 saturated heterocycles. The Kier molecular flexibility index (Phi) is 2.40. The van der Waals surface area contributed by atoms with Crippen molar-refractivity contribution in [3.05, 3.63) is 56.8 Å². The number of carbonyl (C=O) groups is 1. The number of rotatable bonds is 2. The summed E-state index contributed by atoms with van der Waals surface area (Å²) >= 11 is 1.63. The summed E-state index contributed by atoms with van der Waals surface area (Å²) in [6.45, 7) is 4.09. The number of hydrogen-bond acceptors (Lipinski definition) is 2. The fourth-order valence-corrected chi connectivity index (χ4v) is 3.56. The van der Waals surface area contributed by atoms with Gasteiger partial charge < -0.3 is 0 Å². The van der Waals surface area contributed by atoms with Crippen LogP contribution in [0.25, 0.3) is 0 Å². The van der Waals surface area contributed by atoms with Gasteiger partial charge in [0.15, 0.2) is 5.78 Å². The van der Waals surface area contributed by atoms with Gasteiger partial charge in [-0.2, -0.15) is 0 Å². The first-order valence-corrected chi connectivity index (χ1v) is 6.67. The number of ketones is 1. The SMILES string of the molecule is Cc1cc(C)c(C(=O)C2Cc3ccccc32)s1. The van der Waals surface area contributed by atoms with Crippen molar-refractivity contribution in [3.63, 3.8) is 0 Å². The van der Waals surface area contributed by atoms with Crippen LogP contribution in [0.2, 0.25) is 0 Å². The summed E-state index contributed by atoms with van der Waals surface area (Å²) in [5.74, 6) is 0.405. The lowest BCUT2D eigenvalue weighted by molar-refractivity contribution is 0.0952. The van der Waals surface area contributed by atoms with Crippen LogP contribution in [0.5, 0.6) is 0 Å². The summed E-state index contributed by atoms with van der Waals surface area (Å²) in [4.78, 5) is 14.6. The fraction of sp³-hybridized carbons (Fsp3) is 0.267. The molecule has 17 heavy (non-hydrogen) atoms. The lowest BCUT2D eigenvalue weighted by Gasteiger charge is -2.28. The standard InChI is InChI=1S/C15H14OS/c1-9-7-10(2)17-15(9)14(16)13-8-11-5-3-4-6-12(11)13/h3-7,13H,8H2,1-2H3. The first kappa shape index (κ1) is 10.7. The molecule has 2 aromatic rings. The summed E-state index contributed by atoms with van der Waals surface area (Å²) in [5, 5.41) is 0. The van der Waals surface area contributed by atoms with Crippen LogP contribution in [0.15, 0.2) is 30.3 Å². The van der Waals surface area contributed by atoms with E-state index in [9.17, 15) is 4.79 Å². The van der Waals surface area contributed by atoms with Gasteiger partial charge in [0.2, 0.25) is 0 Å². The minimum absolute atomic E-state index is 0.1000. The molecular weight excluding hydrogens is 228 g/mol.